The number of rotatable bonds is 4. The van der Waals surface area contributed by atoms with Gasteiger partial charge in [0.05, 0.1) is 23.3 Å². The van der Waals surface area contributed by atoms with Crippen molar-refractivity contribution in [2.24, 2.45) is 0 Å². The highest BCUT2D eigenvalue weighted by Gasteiger charge is 2.17. The number of benzene rings is 2. The second-order valence-electron chi connectivity index (χ2n) is 4.60. The molecular formula is C15H14FNO4S. The molecule has 0 aliphatic heterocycles. The van der Waals surface area contributed by atoms with Crippen molar-refractivity contribution in [1.29, 1.82) is 0 Å². The van der Waals surface area contributed by atoms with Crippen LogP contribution in [0.1, 0.15) is 15.9 Å². The number of carbonyl (C=O) groups excluding carboxylic acids is 1. The maximum atomic E-state index is 13.6. The number of ether oxygens (including phenoxy) is 1. The molecular weight excluding hydrogens is 309 g/mol. The van der Waals surface area contributed by atoms with Crippen molar-refractivity contribution < 1.29 is 22.3 Å². The van der Waals surface area contributed by atoms with Crippen LogP contribution in [0.25, 0.3) is 0 Å². The monoisotopic (exact) mass is 323 g/mol. The van der Waals surface area contributed by atoms with Gasteiger partial charge in [-0.1, -0.05) is 6.07 Å². The van der Waals surface area contributed by atoms with Gasteiger partial charge >= 0.3 is 5.97 Å². The van der Waals surface area contributed by atoms with Crippen LogP contribution in [-0.2, 0) is 14.8 Å². The first-order valence-electron chi connectivity index (χ1n) is 6.31. The number of aryl methyl sites for hydroxylation is 1. The number of anilines is 1. The molecule has 0 saturated heterocycles. The molecule has 22 heavy (non-hydrogen) atoms. The van der Waals surface area contributed by atoms with E-state index in [4.69, 9.17) is 0 Å². The van der Waals surface area contributed by atoms with Gasteiger partial charge in [0, 0.05) is 0 Å². The van der Waals surface area contributed by atoms with Crippen LogP contribution in [0.15, 0.2) is 47.4 Å². The van der Waals surface area contributed by atoms with Crippen LogP contribution in [0.3, 0.4) is 0 Å². The average molecular weight is 323 g/mol. The highest BCUT2D eigenvalue weighted by Crippen LogP contribution is 2.20. The van der Waals surface area contributed by atoms with Crippen LogP contribution in [0.5, 0.6) is 0 Å². The molecule has 0 aliphatic rings. The molecule has 2 aromatic carbocycles. The van der Waals surface area contributed by atoms with Gasteiger partial charge in [-0.3, -0.25) is 4.72 Å². The summed E-state index contributed by atoms with van der Waals surface area (Å²) >= 11 is 0. The predicted molar refractivity (Wildman–Crippen MR) is 79.7 cm³/mol. The van der Waals surface area contributed by atoms with Gasteiger partial charge in [0.2, 0.25) is 0 Å². The summed E-state index contributed by atoms with van der Waals surface area (Å²) in [4.78, 5) is 11.2. The Morgan fingerprint density at radius 1 is 1.14 bits per heavy atom. The number of esters is 1. The fourth-order valence-corrected chi connectivity index (χ4v) is 2.87. The Morgan fingerprint density at radius 2 is 1.77 bits per heavy atom. The van der Waals surface area contributed by atoms with E-state index in [2.05, 4.69) is 9.46 Å². The van der Waals surface area contributed by atoms with E-state index in [1.165, 1.54) is 49.6 Å². The largest absolute Gasteiger partial charge is 0.465 e. The van der Waals surface area contributed by atoms with Crippen LogP contribution in [0, 0.1) is 12.7 Å². The van der Waals surface area contributed by atoms with E-state index in [0.717, 1.165) is 5.56 Å². The third-order valence-corrected chi connectivity index (χ3v) is 4.33. The van der Waals surface area contributed by atoms with Gasteiger partial charge in [0.15, 0.2) is 0 Å². The summed E-state index contributed by atoms with van der Waals surface area (Å²) in [6, 6.07) is 9.28. The number of hydrogen-bond donors (Lipinski definition) is 1. The molecule has 1 N–H and O–H groups in total. The molecule has 0 bridgehead atoms. The summed E-state index contributed by atoms with van der Waals surface area (Å²) < 4.78 is 44.8. The van der Waals surface area contributed by atoms with Gasteiger partial charge in [-0.25, -0.2) is 17.6 Å². The molecule has 0 unspecified atom stereocenters. The quantitative estimate of drug-likeness (QED) is 0.878. The lowest BCUT2D eigenvalue weighted by Gasteiger charge is -2.10. The molecule has 0 heterocycles. The van der Waals surface area contributed by atoms with Crippen molar-refractivity contribution in [2.45, 2.75) is 11.8 Å². The molecule has 0 amide bonds. The minimum absolute atomic E-state index is 0.0824. The average Bonchev–Trinajstić information content (AvgIpc) is 2.50. The maximum Gasteiger partial charge on any atom is 0.337 e. The Labute approximate surface area is 127 Å². The highest BCUT2D eigenvalue weighted by atomic mass is 32.2. The van der Waals surface area contributed by atoms with Crippen LogP contribution >= 0.6 is 0 Å². The van der Waals surface area contributed by atoms with E-state index < -0.39 is 21.8 Å². The summed E-state index contributed by atoms with van der Waals surface area (Å²) in [5.74, 6) is -1.23. The molecule has 0 radical (unpaired) electrons. The fourth-order valence-electron chi connectivity index (χ4n) is 1.81. The first-order valence-corrected chi connectivity index (χ1v) is 7.79. The lowest BCUT2D eigenvalue weighted by molar-refractivity contribution is 0.0600. The molecule has 0 aromatic heterocycles. The van der Waals surface area contributed by atoms with Crippen molar-refractivity contribution >= 4 is 21.7 Å². The molecule has 2 rings (SSSR count). The molecule has 0 aliphatic carbocycles. The van der Waals surface area contributed by atoms with Crippen LogP contribution in [-0.4, -0.2) is 21.5 Å². The zero-order valence-electron chi connectivity index (χ0n) is 12.0. The van der Waals surface area contributed by atoms with Crippen LogP contribution in [0.4, 0.5) is 10.1 Å². The Hall–Kier alpha value is -2.41. The number of methoxy groups -OCH3 is 1. The molecule has 0 atom stereocenters. The number of sulfonamides is 1. The van der Waals surface area contributed by atoms with Crippen molar-refractivity contribution in [3.8, 4) is 0 Å². The lowest BCUT2D eigenvalue weighted by atomic mass is 10.2. The molecule has 0 saturated carbocycles. The molecule has 2 aromatic rings. The second-order valence-corrected chi connectivity index (χ2v) is 6.29. The van der Waals surface area contributed by atoms with E-state index in [9.17, 15) is 17.6 Å². The van der Waals surface area contributed by atoms with Crippen molar-refractivity contribution in [1.82, 2.24) is 0 Å². The Bertz CT molecular complexity index is 801. The summed E-state index contributed by atoms with van der Waals surface area (Å²) in [5, 5.41) is 0. The van der Waals surface area contributed by atoms with E-state index in [0.29, 0.717) is 0 Å². The number of nitrogens with one attached hydrogen (secondary N) is 1. The Morgan fingerprint density at radius 3 is 2.36 bits per heavy atom. The third-order valence-electron chi connectivity index (χ3n) is 2.95. The van der Waals surface area contributed by atoms with Crippen molar-refractivity contribution in [2.75, 3.05) is 11.8 Å². The molecule has 0 spiro atoms. The van der Waals surface area contributed by atoms with Gasteiger partial charge in [0.25, 0.3) is 10.0 Å². The Kier molecular flexibility index (Phi) is 4.46. The van der Waals surface area contributed by atoms with E-state index in [1.807, 2.05) is 0 Å². The van der Waals surface area contributed by atoms with Gasteiger partial charge in [-0.2, -0.15) is 0 Å². The van der Waals surface area contributed by atoms with E-state index in [-0.39, 0.29) is 16.1 Å². The standard InChI is InChI=1S/C15H14FNO4S/c1-10-3-8-13(16)14(9-10)17-22(19,20)12-6-4-11(5-7-12)15(18)21-2/h3-9,17H,1-2H3. The summed E-state index contributed by atoms with van der Waals surface area (Å²) in [7, 11) is -2.71. The zero-order valence-corrected chi connectivity index (χ0v) is 12.8. The second kappa shape index (κ2) is 6.15. The maximum absolute atomic E-state index is 13.6. The fraction of sp³-hybridized carbons (Fsp3) is 0.133. The lowest BCUT2D eigenvalue weighted by Crippen LogP contribution is -2.14. The molecule has 5 nitrogen and oxygen atoms in total. The summed E-state index contributed by atoms with van der Waals surface area (Å²) in [6.45, 7) is 1.72. The smallest absolute Gasteiger partial charge is 0.337 e. The van der Waals surface area contributed by atoms with Gasteiger partial charge in [0.1, 0.15) is 5.82 Å². The molecule has 7 heteroatoms. The van der Waals surface area contributed by atoms with Gasteiger partial charge < -0.3 is 4.74 Å². The number of carbonyl (C=O) groups is 1. The summed E-state index contributed by atoms with van der Waals surface area (Å²) in [6.07, 6.45) is 0. The Balaban J connectivity index is 2.30. The summed E-state index contributed by atoms with van der Waals surface area (Å²) in [5.41, 5.74) is 0.820. The van der Waals surface area contributed by atoms with Crippen molar-refractivity contribution in [3.63, 3.8) is 0 Å². The highest BCUT2D eigenvalue weighted by molar-refractivity contribution is 7.92. The first kappa shape index (κ1) is 16.0. The first-order chi connectivity index (χ1) is 10.3. The van der Waals surface area contributed by atoms with Crippen LogP contribution < -0.4 is 4.72 Å². The number of hydrogen-bond acceptors (Lipinski definition) is 4. The zero-order chi connectivity index (χ0) is 16.3. The van der Waals surface area contributed by atoms with Crippen molar-refractivity contribution in [3.05, 3.63) is 59.4 Å². The van der Waals surface area contributed by atoms with E-state index in [1.54, 1.807) is 6.92 Å². The SMILES string of the molecule is COC(=O)c1ccc(S(=O)(=O)Nc2cc(C)ccc2F)cc1. The topological polar surface area (TPSA) is 72.5 Å². The minimum Gasteiger partial charge on any atom is -0.465 e. The van der Waals surface area contributed by atoms with Crippen LogP contribution in [0.2, 0.25) is 0 Å². The predicted octanol–water partition coefficient (Wildman–Crippen LogP) is 2.72. The molecule has 0 fully saturated rings. The normalized spacial score (nSPS) is 11.0. The molecule has 116 valence electrons. The van der Waals surface area contributed by atoms with Gasteiger partial charge in [-0.05, 0) is 48.9 Å². The third kappa shape index (κ3) is 3.43. The number of halogens is 1. The van der Waals surface area contributed by atoms with E-state index >= 15 is 0 Å². The van der Waals surface area contributed by atoms with Gasteiger partial charge in [-0.15, -0.1) is 0 Å². The minimum atomic E-state index is -3.94.